The van der Waals surface area contributed by atoms with Gasteiger partial charge in [0.15, 0.2) is 12.2 Å². The Morgan fingerprint density at radius 3 is 2.16 bits per heavy atom. The molecule has 0 aromatic carbocycles. The van der Waals surface area contributed by atoms with E-state index in [9.17, 15) is 4.79 Å². The molecule has 25 heavy (non-hydrogen) atoms. The van der Waals surface area contributed by atoms with Crippen LogP contribution in [0.15, 0.2) is 0 Å². The number of esters is 1. The number of rotatable bonds is 10. The van der Waals surface area contributed by atoms with E-state index in [0.29, 0.717) is 6.61 Å². The van der Waals surface area contributed by atoms with E-state index in [2.05, 4.69) is 27.7 Å². The summed E-state index contributed by atoms with van der Waals surface area (Å²) in [6, 6.07) is 0. The zero-order valence-corrected chi connectivity index (χ0v) is 16.2. The minimum atomic E-state index is -0.695. The summed E-state index contributed by atoms with van der Waals surface area (Å²) >= 11 is 0. The molecule has 0 aliphatic carbocycles. The van der Waals surface area contributed by atoms with E-state index in [1.54, 1.807) is 0 Å². The fourth-order valence-electron chi connectivity index (χ4n) is 3.40. The van der Waals surface area contributed by atoms with Crippen LogP contribution in [0.1, 0.15) is 34.6 Å². The highest BCUT2D eigenvalue weighted by atomic mass is 16.7. The van der Waals surface area contributed by atoms with Crippen molar-refractivity contribution in [1.29, 1.82) is 0 Å². The molecule has 0 aromatic rings. The molecule has 0 aromatic heterocycles. The van der Waals surface area contributed by atoms with Gasteiger partial charge >= 0.3 is 13.1 Å². The molecule has 2 saturated heterocycles. The van der Waals surface area contributed by atoms with Crippen LogP contribution in [0.4, 0.5) is 0 Å². The van der Waals surface area contributed by atoms with Crippen molar-refractivity contribution in [3.63, 3.8) is 0 Å². The van der Waals surface area contributed by atoms with E-state index in [-0.39, 0.29) is 33.0 Å². The van der Waals surface area contributed by atoms with Crippen LogP contribution >= 0.6 is 0 Å². The van der Waals surface area contributed by atoms with Crippen LogP contribution in [-0.4, -0.2) is 57.9 Å². The topological polar surface area (TPSA) is 63.2 Å². The highest BCUT2D eigenvalue weighted by molar-refractivity contribution is 6.52. The lowest BCUT2D eigenvalue weighted by molar-refractivity contribution is -0.149. The third-order valence-corrected chi connectivity index (χ3v) is 5.09. The van der Waals surface area contributed by atoms with Gasteiger partial charge < -0.3 is 23.4 Å². The summed E-state index contributed by atoms with van der Waals surface area (Å²) in [5, 5.41) is 0. The average molecular weight is 352 g/mol. The first-order chi connectivity index (χ1) is 12.1. The van der Waals surface area contributed by atoms with Crippen LogP contribution in [-0.2, 0) is 28.1 Å². The molecule has 2 rings (SSSR count). The number of hydrogen-bond donors (Lipinski definition) is 0. The fraction of sp³-hybridized carbons (Fsp3) is 0.938. The number of carbonyl (C=O) groups excluding carboxylic acids is 1. The zero-order valence-electron chi connectivity index (χ0n) is 16.2. The molecule has 6 nitrogen and oxygen atoms in total. The SMILES string of the molecule is CCB(CC)OC1C(=O)OC(C2COB(CC)O2)C1OB(CC)CC. The molecule has 0 bridgehead atoms. The average Bonchev–Trinajstić information content (AvgIpc) is 3.22. The summed E-state index contributed by atoms with van der Waals surface area (Å²) in [6.07, 6.45) is 2.29. The Balaban J connectivity index is 2.15. The molecule has 4 unspecified atom stereocenters. The molecule has 2 aliphatic rings. The molecule has 4 atom stereocenters. The first-order valence-electron chi connectivity index (χ1n) is 9.86. The van der Waals surface area contributed by atoms with Crippen molar-refractivity contribution in [3.8, 4) is 0 Å². The summed E-state index contributed by atoms with van der Waals surface area (Å²) in [5.74, 6) is -0.351. The second kappa shape index (κ2) is 10.00. The Morgan fingerprint density at radius 2 is 1.64 bits per heavy atom. The zero-order chi connectivity index (χ0) is 18.4. The molecular weight excluding hydrogens is 321 g/mol. The maximum atomic E-state index is 12.5. The smallest absolute Gasteiger partial charge is 0.455 e. The highest BCUT2D eigenvalue weighted by Gasteiger charge is 2.53. The molecule has 2 fully saturated rings. The van der Waals surface area contributed by atoms with Gasteiger partial charge in [-0.25, -0.2) is 4.79 Å². The van der Waals surface area contributed by atoms with E-state index >= 15 is 0 Å². The van der Waals surface area contributed by atoms with Gasteiger partial charge in [0.1, 0.15) is 12.2 Å². The minimum Gasteiger partial charge on any atom is -0.455 e. The van der Waals surface area contributed by atoms with Gasteiger partial charge in [0.05, 0.1) is 6.61 Å². The maximum absolute atomic E-state index is 12.5. The molecule has 0 saturated carbocycles. The second-order valence-corrected chi connectivity index (χ2v) is 6.78. The van der Waals surface area contributed by atoms with Crippen LogP contribution in [0.2, 0.25) is 31.6 Å². The molecule has 140 valence electrons. The largest absolute Gasteiger partial charge is 0.457 e. The van der Waals surface area contributed by atoms with Gasteiger partial charge in [-0.2, -0.15) is 0 Å². The molecule has 0 amide bonds. The van der Waals surface area contributed by atoms with E-state index in [0.717, 1.165) is 31.6 Å². The summed E-state index contributed by atoms with van der Waals surface area (Å²) in [6.45, 7) is 10.8. The minimum absolute atomic E-state index is 0.0215. The summed E-state index contributed by atoms with van der Waals surface area (Å²) < 4.78 is 29.5. The molecule has 9 heteroatoms. The van der Waals surface area contributed by atoms with Crippen LogP contribution in [0.25, 0.3) is 0 Å². The standard InChI is InChI=1S/C16H31B3O6/c1-6-17(7-2)24-14-13(12-11-21-19(10-5)23-12)22-16(20)15(14)25-18(8-3)9-4/h12-15H,6-11H2,1-5H3. The number of hydrogen-bond acceptors (Lipinski definition) is 6. The van der Waals surface area contributed by atoms with Crippen molar-refractivity contribution in [2.45, 2.75) is 90.6 Å². The highest BCUT2D eigenvalue weighted by Crippen LogP contribution is 2.31. The van der Waals surface area contributed by atoms with Gasteiger partial charge in [0, 0.05) is 0 Å². The van der Waals surface area contributed by atoms with Crippen molar-refractivity contribution in [3.05, 3.63) is 0 Å². The Labute approximate surface area is 153 Å². The van der Waals surface area contributed by atoms with Gasteiger partial charge in [-0.05, 0) is 6.32 Å². The van der Waals surface area contributed by atoms with Crippen LogP contribution in [0.5, 0.6) is 0 Å². The Hall–Kier alpha value is -0.495. The third-order valence-electron chi connectivity index (χ3n) is 5.09. The van der Waals surface area contributed by atoms with Crippen molar-refractivity contribution in [2.75, 3.05) is 6.61 Å². The van der Waals surface area contributed by atoms with Crippen LogP contribution in [0, 0.1) is 0 Å². The van der Waals surface area contributed by atoms with Crippen molar-refractivity contribution >= 4 is 26.9 Å². The van der Waals surface area contributed by atoms with Crippen molar-refractivity contribution in [2.24, 2.45) is 0 Å². The van der Waals surface area contributed by atoms with Gasteiger partial charge in [-0.3, -0.25) is 0 Å². The Kier molecular flexibility index (Phi) is 8.32. The van der Waals surface area contributed by atoms with Gasteiger partial charge in [-0.1, -0.05) is 59.9 Å². The number of cyclic esters (lactones) is 1. The second-order valence-electron chi connectivity index (χ2n) is 6.78. The molecule has 0 spiro atoms. The third kappa shape index (κ3) is 5.03. The first-order valence-corrected chi connectivity index (χ1v) is 9.86. The molecule has 2 heterocycles. The Bertz CT molecular complexity index is 419. The first kappa shape index (κ1) is 20.8. The monoisotopic (exact) mass is 352 g/mol. The van der Waals surface area contributed by atoms with E-state index in [1.807, 2.05) is 6.92 Å². The van der Waals surface area contributed by atoms with E-state index < -0.39 is 18.3 Å². The molecule has 0 radical (unpaired) electrons. The van der Waals surface area contributed by atoms with Crippen LogP contribution < -0.4 is 0 Å². The van der Waals surface area contributed by atoms with E-state index in [1.165, 1.54) is 0 Å². The van der Waals surface area contributed by atoms with Crippen molar-refractivity contribution < 1.29 is 28.1 Å². The van der Waals surface area contributed by atoms with E-state index in [4.69, 9.17) is 23.4 Å². The van der Waals surface area contributed by atoms with Gasteiger partial charge in [-0.15, -0.1) is 0 Å². The summed E-state index contributed by atoms with van der Waals surface area (Å²) in [4.78, 5) is 12.5. The lowest BCUT2D eigenvalue weighted by atomic mass is 9.61. The lowest BCUT2D eigenvalue weighted by Crippen LogP contribution is -2.47. The molecular formula is C16H31B3O6. The molecule has 0 N–H and O–H groups in total. The lowest BCUT2D eigenvalue weighted by Gasteiger charge is -2.29. The Morgan fingerprint density at radius 1 is 1.04 bits per heavy atom. The fourth-order valence-corrected chi connectivity index (χ4v) is 3.40. The summed E-state index contributed by atoms with van der Waals surface area (Å²) in [5.41, 5.74) is 0. The predicted molar refractivity (Wildman–Crippen MR) is 100 cm³/mol. The van der Waals surface area contributed by atoms with Crippen LogP contribution in [0.3, 0.4) is 0 Å². The quantitative estimate of drug-likeness (QED) is 0.445. The van der Waals surface area contributed by atoms with Gasteiger partial charge in [0.25, 0.3) is 13.8 Å². The van der Waals surface area contributed by atoms with Gasteiger partial charge in [0.2, 0.25) is 0 Å². The predicted octanol–water partition coefficient (Wildman–Crippen LogP) is 2.67. The number of ether oxygens (including phenoxy) is 1. The van der Waals surface area contributed by atoms with Crippen molar-refractivity contribution in [1.82, 2.24) is 0 Å². The normalized spacial score (nSPS) is 29.2. The molecule has 2 aliphatic heterocycles. The maximum Gasteiger partial charge on any atom is 0.457 e. The summed E-state index contributed by atoms with van der Waals surface area (Å²) in [7, 11) is -0.239. The number of carbonyl (C=O) groups is 1.